The molecule has 0 aliphatic rings. The Labute approximate surface area is 166 Å². The standard InChI is InChI=1S/C23H17N3OS/c1-15-14-28-23-25-21(13-26(15)23)17-8-10-20(11-9-17)24-22(27)19-7-6-16-4-2-3-5-18(16)12-19/h2-14H,1H3,(H,24,27). The predicted molar refractivity (Wildman–Crippen MR) is 115 cm³/mol. The number of hydrogen-bond donors (Lipinski definition) is 1. The summed E-state index contributed by atoms with van der Waals surface area (Å²) in [5.74, 6) is -0.114. The van der Waals surface area contributed by atoms with E-state index >= 15 is 0 Å². The molecule has 0 saturated heterocycles. The summed E-state index contributed by atoms with van der Waals surface area (Å²) in [5.41, 5.74) is 4.55. The maximum Gasteiger partial charge on any atom is 0.255 e. The number of thiazole rings is 1. The number of rotatable bonds is 3. The van der Waals surface area contributed by atoms with Crippen LogP contribution in [0.3, 0.4) is 0 Å². The summed E-state index contributed by atoms with van der Waals surface area (Å²) in [6.07, 6.45) is 2.05. The summed E-state index contributed by atoms with van der Waals surface area (Å²) < 4.78 is 2.09. The van der Waals surface area contributed by atoms with Crippen LogP contribution in [0.2, 0.25) is 0 Å². The molecule has 0 atom stereocenters. The van der Waals surface area contributed by atoms with E-state index in [0.29, 0.717) is 5.56 Å². The highest BCUT2D eigenvalue weighted by atomic mass is 32.1. The number of imidazole rings is 1. The largest absolute Gasteiger partial charge is 0.322 e. The van der Waals surface area contributed by atoms with Gasteiger partial charge in [-0.15, -0.1) is 11.3 Å². The van der Waals surface area contributed by atoms with E-state index in [-0.39, 0.29) is 5.91 Å². The molecule has 0 saturated carbocycles. The minimum atomic E-state index is -0.114. The molecule has 2 aromatic heterocycles. The van der Waals surface area contributed by atoms with E-state index in [2.05, 4.69) is 27.0 Å². The topological polar surface area (TPSA) is 46.4 Å². The third-order valence-electron chi connectivity index (χ3n) is 4.84. The van der Waals surface area contributed by atoms with Gasteiger partial charge in [0, 0.05) is 34.1 Å². The Morgan fingerprint density at radius 3 is 2.57 bits per heavy atom. The summed E-state index contributed by atoms with van der Waals surface area (Å²) in [6, 6.07) is 21.6. The molecular formula is C23H17N3OS. The van der Waals surface area contributed by atoms with Crippen LogP contribution < -0.4 is 5.32 Å². The van der Waals surface area contributed by atoms with Crippen molar-refractivity contribution in [1.82, 2.24) is 9.38 Å². The van der Waals surface area contributed by atoms with Gasteiger partial charge in [0.2, 0.25) is 0 Å². The minimum absolute atomic E-state index is 0.114. The molecule has 0 aliphatic heterocycles. The van der Waals surface area contributed by atoms with Crippen LogP contribution in [0.1, 0.15) is 16.1 Å². The maximum atomic E-state index is 12.6. The number of nitrogens with zero attached hydrogens (tertiary/aromatic N) is 2. The fourth-order valence-corrected chi connectivity index (χ4v) is 4.14. The van der Waals surface area contributed by atoms with Gasteiger partial charge in [-0.1, -0.05) is 42.5 Å². The van der Waals surface area contributed by atoms with Crippen LogP contribution in [0.25, 0.3) is 27.0 Å². The molecule has 3 aromatic carbocycles. The lowest BCUT2D eigenvalue weighted by Crippen LogP contribution is -2.11. The van der Waals surface area contributed by atoms with Crippen molar-refractivity contribution in [2.75, 3.05) is 5.32 Å². The van der Waals surface area contributed by atoms with Gasteiger partial charge in [0.15, 0.2) is 4.96 Å². The highest BCUT2D eigenvalue weighted by Crippen LogP contribution is 2.25. The highest BCUT2D eigenvalue weighted by Gasteiger charge is 2.09. The second-order valence-electron chi connectivity index (χ2n) is 6.75. The number of amides is 1. The quantitative estimate of drug-likeness (QED) is 0.429. The van der Waals surface area contributed by atoms with Gasteiger partial charge in [-0.05, 0) is 42.0 Å². The van der Waals surface area contributed by atoms with Crippen LogP contribution in [-0.2, 0) is 0 Å². The lowest BCUT2D eigenvalue weighted by atomic mass is 10.1. The van der Waals surface area contributed by atoms with Gasteiger partial charge >= 0.3 is 0 Å². The van der Waals surface area contributed by atoms with Crippen molar-refractivity contribution < 1.29 is 4.79 Å². The molecule has 1 N–H and O–H groups in total. The molecule has 0 bridgehead atoms. The van der Waals surface area contributed by atoms with Gasteiger partial charge < -0.3 is 5.32 Å². The summed E-state index contributed by atoms with van der Waals surface area (Å²) in [5, 5.41) is 7.24. The Balaban J connectivity index is 1.36. The van der Waals surface area contributed by atoms with Crippen LogP contribution >= 0.6 is 11.3 Å². The smallest absolute Gasteiger partial charge is 0.255 e. The Morgan fingerprint density at radius 1 is 1.00 bits per heavy atom. The minimum Gasteiger partial charge on any atom is -0.322 e. The van der Waals surface area contributed by atoms with Gasteiger partial charge in [-0.2, -0.15) is 0 Å². The van der Waals surface area contributed by atoms with E-state index < -0.39 is 0 Å². The average Bonchev–Trinajstić information content (AvgIpc) is 3.30. The van der Waals surface area contributed by atoms with Gasteiger partial charge in [0.25, 0.3) is 5.91 Å². The number of carbonyl (C=O) groups is 1. The first-order valence-corrected chi connectivity index (χ1v) is 9.89. The van der Waals surface area contributed by atoms with E-state index in [1.165, 1.54) is 5.69 Å². The van der Waals surface area contributed by atoms with Gasteiger partial charge in [-0.3, -0.25) is 9.20 Å². The Kier molecular flexibility index (Phi) is 3.95. The van der Waals surface area contributed by atoms with E-state index in [4.69, 9.17) is 0 Å². The average molecular weight is 383 g/mol. The molecule has 0 fully saturated rings. The number of hydrogen-bond acceptors (Lipinski definition) is 3. The second-order valence-corrected chi connectivity index (χ2v) is 7.59. The molecule has 2 heterocycles. The lowest BCUT2D eigenvalue weighted by Gasteiger charge is -2.07. The zero-order valence-electron chi connectivity index (χ0n) is 15.2. The number of carbonyl (C=O) groups excluding carboxylic acids is 1. The third kappa shape index (κ3) is 2.96. The molecular weight excluding hydrogens is 366 g/mol. The highest BCUT2D eigenvalue weighted by molar-refractivity contribution is 7.15. The van der Waals surface area contributed by atoms with Crippen molar-refractivity contribution in [3.8, 4) is 11.3 Å². The number of fused-ring (bicyclic) bond motifs is 2. The van der Waals surface area contributed by atoms with Crippen molar-refractivity contribution in [1.29, 1.82) is 0 Å². The van der Waals surface area contributed by atoms with Crippen molar-refractivity contribution >= 4 is 38.7 Å². The fraction of sp³-hybridized carbons (Fsp3) is 0.0435. The number of benzene rings is 3. The van der Waals surface area contributed by atoms with Crippen molar-refractivity contribution in [2.24, 2.45) is 0 Å². The first kappa shape index (κ1) is 16.7. The zero-order chi connectivity index (χ0) is 19.1. The van der Waals surface area contributed by atoms with Crippen LogP contribution in [0.4, 0.5) is 5.69 Å². The van der Waals surface area contributed by atoms with Crippen LogP contribution in [0.15, 0.2) is 78.3 Å². The molecule has 0 spiro atoms. The van der Waals surface area contributed by atoms with Gasteiger partial charge in [0.1, 0.15) is 0 Å². The fourth-order valence-electron chi connectivity index (χ4n) is 3.29. The number of aromatic nitrogens is 2. The Hall–Kier alpha value is -3.44. The molecule has 136 valence electrons. The summed E-state index contributed by atoms with van der Waals surface area (Å²) in [6.45, 7) is 2.07. The number of nitrogens with one attached hydrogen (secondary N) is 1. The van der Waals surface area contributed by atoms with E-state index in [9.17, 15) is 4.79 Å². The molecule has 1 amide bonds. The van der Waals surface area contributed by atoms with E-state index in [1.54, 1.807) is 11.3 Å². The first-order valence-electron chi connectivity index (χ1n) is 9.01. The zero-order valence-corrected chi connectivity index (χ0v) is 16.0. The predicted octanol–water partition coefficient (Wildman–Crippen LogP) is 5.78. The molecule has 5 aromatic rings. The van der Waals surface area contributed by atoms with Crippen LogP contribution in [-0.4, -0.2) is 15.3 Å². The molecule has 0 aliphatic carbocycles. The second kappa shape index (κ2) is 6.62. The number of anilines is 1. The van der Waals surface area contributed by atoms with E-state index in [0.717, 1.165) is 32.7 Å². The van der Waals surface area contributed by atoms with Gasteiger partial charge in [0.05, 0.1) is 5.69 Å². The number of aryl methyl sites for hydroxylation is 1. The summed E-state index contributed by atoms with van der Waals surface area (Å²) in [4.78, 5) is 18.3. The molecule has 0 unspecified atom stereocenters. The monoisotopic (exact) mass is 383 g/mol. The van der Waals surface area contributed by atoms with Crippen LogP contribution in [0.5, 0.6) is 0 Å². The first-order chi connectivity index (χ1) is 13.7. The molecule has 0 radical (unpaired) electrons. The molecule has 4 nitrogen and oxygen atoms in total. The van der Waals surface area contributed by atoms with E-state index in [1.807, 2.05) is 72.9 Å². The van der Waals surface area contributed by atoms with Crippen molar-refractivity contribution in [3.05, 3.63) is 89.6 Å². The maximum absolute atomic E-state index is 12.6. The van der Waals surface area contributed by atoms with Gasteiger partial charge in [-0.25, -0.2) is 4.98 Å². The summed E-state index contributed by atoms with van der Waals surface area (Å²) >= 11 is 1.63. The summed E-state index contributed by atoms with van der Waals surface area (Å²) in [7, 11) is 0. The molecule has 5 rings (SSSR count). The lowest BCUT2D eigenvalue weighted by molar-refractivity contribution is 0.102. The Bertz CT molecular complexity index is 1310. The van der Waals surface area contributed by atoms with Crippen molar-refractivity contribution in [2.45, 2.75) is 6.92 Å². The van der Waals surface area contributed by atoms with Crippen LogP contribution in [0, 0.1) is 6.92 Å². The van der Waals surface area contributed by atoms with Crippen molar-refractivity contribution in [3.63, 3.8) is 0 Å². The Morgan fingerprint density at radius 2 is 1.79 bits per heavy atom. The SMILES string of the molecule is Cc1csc2nc(-c3ccc(NC(=O)c4ccc5ccccc5c4)cc3)cn12. The molecule has 5 heteroatoms. The molecule has 28 heavy (non-hydrogen) atoms. The normalized spacial score (nSPS) is 11.2. The third-order valence-corrected chi connectivity index (χ3v) is 5.80.